The van der Waals surface area contributed by atoms with E-state index in [1.165, 1.54) is 4.90 Å². The summed E-state index contributed by atoms with van der Waals surface area (Å²) in [6, 6.07) is 12.9. The Bertz CT molecular complexity index is 1120. The summed E-state index contributed by atoms with van der Waals surface area (Å²) in [6.45, 7) is 0. The number of hydrogen-bond acceptors (Lipinski definition) is 5. The fourth-order valence-corrected chi connectivity index (χ4v) is 3.82. The van der Waals surface area contributed by atoms with Crippen molar-refractivity contribution in [1.82, 2.24) is 14.6 Å². The number of rotatable bonds is 3. The number of nitrogens with two attached hydrogens (primary N) is 1. The first-order valence-electron chi connectivity index (χ1n) is 7.77. The van der Waals surface area contributed by atoms with E-state index in [9.17, 15) is 4.79 Å². The molecule has 130 valence electrons. The Morgan fingerprint density at radius 3 is 2.92 bits per heavy atom. The molecule has 0 saturated carbocycles. The van der Waals surface area contributed by atoms with Gasteiger partial charge in [-0.3, -0.25) is 4.79 Å². The fraction of sp³-hybridized carbons (Fsp3) is 0.0556. The zero-order valence-electron chi connectivity index (χ0n) is 13.8. The highest BCUT2D eigenvalue weighted by Gasteiger charge is 2.22. The Morgan fingerprint density at radius 1 is 1.27 bits per heavy atom. The highest BCUT2D eigenvalue weighted by Crippen LogP contribution is 2.35. The lowest BCUT2D eigenvalue weighted by Gasteiger charge is -2.16. The Balaban J connectivity index is 1.71. The zero-order valence-corrected chi connectivity index (χ0v) is 15.3. The second-order valence-electron chi connectivity index (χ2n) is 5.69. The molecule has 4 aromatic rings. The van der Waals surface area contributed by atoms with Gasteiger partial charge >= 0.3 is 0 Å². The summed E-state index contributed by atoms with van der Waals surface area (Å²) in [5.41, 5.74) is 9.31. The minimum Gasteiger partial charge on any atom is -0.399 e. The summed E-state index contributed by atoms with van der Waals surface area (Å²) in [5.74, 6) is -0.245. The van der Waals surface area contributed by atoms with Crippen LogP contribution in [0.3, 0.4) is 0 Å². The molecule has 0 atom stereocenters. The molecule has 8 heteroatoms. The van der Waals surface area contributed by atoms with Gasteiger partial charge in [-0.05, 0) is 30.3 Å². The molecular formula is C18H14ClN5OS. The van der Waals surface area contributed by atoms with Gasteiger partial charge in [-0.15, -0.1) is 0 Å². The number of carbonyl (C=O) groups is 1. The van der Waals surface area contributed by atoms with Crippen LogP contribution in [0.2, 0.25) is 4.34 Å². The van der Waals surface area contributed by atoms with Crippen LogP contribution < -0.4 is 10.6 Å². The molecule has 1 aromatic carbocycles. The minimum absolute atomic E-state index is 0.245. The molecule has 1 amide bonds. The predicted octanol–water partition coefficient (Wildman–Crippen LogP) is 3.97. The van der Waals surface area contributed by atoms with Gasteiger partial charge in [0.2, 0.25) is 0 Å². The summed E-state index contributed by atoms with van der Waals surface area (Å²) in [4.78, 5) is 18.8. The maximum atomic E-state index is 12.8. The Morgan fingerprint density at radius 2 is 2.12 bits per heavy atom. The van der Waals surface area contributed by atoms with Crippen LogP contribution in [-0.2, 0) is 0 Å². The minimum atomic E-state index is -0.245. The first-order chi connectivity index (χ1) is 12.5. The van der Waals surface area contributed by atoms with Gasteiger partial charge in [0.15, 0.2) is 5.01 Å². The molecule has 0 unspecified atom stereocenters. The smallest absolute Gasteiger partial charge is 0.287 e. The molecule has 0 aliphatic rings. The van der Waals surface area contributed by atoms with Crippen LogP contribution in [0.5, 0.6) is 0 Å². The van der Waals surface area contributed by atoms with Gasteiger partial charge in [0.25, 0.3) is 5.91 Å². The van der Waals surface area contributed by atoms with E-state index < -0.39 is 0 Å². The van der Waals surface area contributed by atoms with Gasteiger partial charge in [0, 0.05) is 30.2 Å². The number of anilines is 2. The number of aromatic nitrogens is 3. The predicted molar refractivity (Wildman–Crippen MR) is 105 cm³/mol. The van der Waals surface area contributed by atoms with E-state index in [-0.39, 0.29) is 5.91 Å². The van der Waals surface area contributed by atoms with Crippen molar-refractivity contribution in [3.05, 3.63) is 64.2 Å². The largest absolute Gasteiger partial charge is 0.399 e. The molecule has 26 heavy (non-hydrogen) atoms. The fourth-order valence-electron chi connectivity index (χ4n) is 2.67. The lowest BCUT2D eigenvalue weighted by Crippen LogP contribution is -2.26. The normalized spacial score (nSPS) is 11.0. The lowest BCUT2D eigenvalue weighted by molar-refractivity contribution is 0.0992. The van der Waals surface area contributed by atoms with E-state index in [0.717, 1.165) is 22.4 Å². The van der Waals surface area contributed by atoms with Crippen molar-refractivity contribution >= 4 is 45.7 Å². The number of amides is 1. The van der Waals surface area contributed by atoms with Crippen LogP contribution in [0.25, 0.3) is 16.8 Å². The van der Waals surface area contributed by atoms with Gasteiger partial charge in [0.05, 0.1) is 11.7 Å². The van der Waals surface area contributed by atoms with E-state index >= 15 is 0 Å². The van der Waals surface area contributed by atoms with Crippen molar-refractivity contribution in [1.29, 1.82) is 0 Å². The van der Waals surface area contributed by atoms with E-state index in [1.54, 1.807) is 36.0 Å². The van der Waals surface area contributed by atoms with Crippen LogP contribution >= 0.6 is 22.9 Å². The molecule has 0 radical (unpaired) electrons. The average molecular weight is 384 g/mol. The van der Waals surface area contributed by atoms with Crippen molar-refractivity contribution in [3.63, 3.8) is 0 Å². The van der Waals surface area contributed by atoms with Gasteiger partial charge in [0.1, 0.15) is 10.0 Å². The SMILES string of the molecule is CN(C(=O)c1nc(-c2cnn3ccccc23)c(Cl)s1)c1cccc(N)c1. The van der Waals surface area contributed by atoms with Crippen molar-refractivity contribution in [2.24, 2.45) is 0 Å². The maximum absolute atomic E-state index is 12.8. The summed E-state index contributed by atoms with van der Waals surface area (Å²) in [5, 5.41) is 4.61. The van der Waals surface area contributed by atoms with Gasteiger partial charge in [-0.25, -0.2) is 9.50 Å². The quantitative estimate of drug-likeness (QED) is 0.543. The monoisotopic (exact) mass is 383 g/mol. The molecule has 0 fully saturated rings. The van der Waals surface area contributed by atoms with Crippen LogP contribution in [0, 0.1) is 0 Å². The van der Waals surface area contributed by atoms with E-state index in [4.69, 9.17) is 17.3 Å². The van der Waals surface area contributed by atoms with Gasteiger partial charge in [-0.2, -0.15) is 5.10 Å². The van der Waals surface area contributed by atoms with E-state index in [1.807, 2.05) is 30.5 Å². The molecule has 0 spiro atoms. The molecule has 0 aliphatic heterocycles. The molecule has 3 heterocycles. The van der Waals surface area contributed by atoms with E-state index in [2.05, 4.69) is 10.1 Å². The number of benzene rings is 1. The highest BCUT2D eigenvalue weighted by molar-refractivity contribution is 7.18. The van der Waals surface area contributed by atoms with E-state index in [0.29, 0.717) is 26.4 Å². The molecule has 0 aliphatic carbocycles. The molecule has 3 aromatic heterocycles. The number of halogens is 1. The van der Waals surface area contributed by atoms with Crippen molar-refractivity contribution in [3.8, 4) is 11.3 Å². The third-order valence-corrected chi connectivity index (χ3v) is 5.25. The first-order valence-corrected chi connectivity index (χ1v) is 8.96. The number of nitrogens with zero attached hydrogens (tertiary/aromatic N) is 4. The topological polar surface area (TPSA) is 76.5 Å². The molecule has 0 bridgehead atoms. The Hall–Kier alpha value is -2.90. The molecule has 4 rings (SSSR count). The number of nitrogen functional groups attached to an aromatic ring is 1. The van der Waals surface area contributed by atoms with Crippen LogP contribution in [0.1, 0.15) is 9.80 Å². The number of fused-ring (bicyclic) bond motifs is 1. The number of pyridine rings is 1. The Labute approximate surface area is 158 Å². The van der Waals surface area contributed by atoms with Crippen molar-refractivity contribution in [2.75, 3.05) is 17.7 Å². The van der Waals surface area contributed by atoms with Crippen molar-refractivity contribution < 1.29 is 4.79 Å². The summed E-state index contributed by atoms with van der Waals surface area (Å²) >= 11 is 7.54. The van der Waals surface area contributed by atoms with Crippen LogP contribution in [0.4, 0.5) is 11.4 Å². The Kier molecular flexibility index (Phi) is 4.10. The van der Waals surface area contributed by atoms with Crippen LogP contribution in [0.15, 0.2) is 54.9 Å². The number of carbonyl (C=O) groups excluding carboxylic acids is 1. The molecule has 0 saturated heterocycles. The number of hydrogen-bond donors (Lipinski definition) is 1. The molecule has 6 nitrogen and oxygen atoms in total. The summed E-state index contributed by atoms with van der Waals surface area (Å²) < 4.78 is 2.19. The first kappa shape index (κ1) is 16.6. The third-order valence-electron chi connectivity index (χ3n) is 4.01. The van der Waals surface area contributed by atoms with Crippen molar-refractivity contribution in [2.45, 2.75) is 0 Å². The third kappa shape index (κ3) is 2.81. The van der Waals surface area contributed by atoms with Gasteiger partial charge < -0.3 is 10.6 Å². The van der Waals surface area contributed by atoms with Gasteiger partial charge in [-0.1, -0.05) is 35.1 Å². The number of thiazole rings is 1. The maximum Gasteiger partial charge on any atom is 0.287 e. The molecule has 2 N–H and O–H groups in total. The van der Waals surface area contributed by atoms with Crippen LogP contribution in [-0.4, -0.2) is 27.6 Å². The highest BCUT2D eigenvalue weighted by atomic mass is 35.5. The standard InChI is InChI=1S/C18H14ClN5OS/c1-23(12-6-4-5-11(20)9-12)18(25)17-22-15(16(19)26-17)13-10-21-24-8-3-2-7-14(13)24/h2-10H,20H2,1H3. The lowest BCUT2D eigenvalue weighted by atomic mass is 10.2. The second-order valence-corrected chi connectivity index (χ2v) is 7.29. The summed E-state index contributed by atoms with van der Waals surface area (Å²) in [7, 11) is 1.68. The molecular weight excluding hydrogens is 370 g/mol. The average Bonchev–Trinajstić information content (AvgIpc) is 3.23. The zero-order chi connectivity index (χ0) is 18.3. The summed E-state index contributed by atoms with van der Waals surface area (Å²) in [6.07, 6.45) is 3.55. The second kappa shape index (κ2) is 6.44.